The second kappa shape index (κ2) is 3.10. The van der Waals surface area contributed by atoms with Crippen LogP contribution in [-0.4, -0.2) is 11.7 Å². The van der Waals surface area contributed by atoms with Gasteiger partial charge in [0.25, 0.3) is 0 Å². The molecule has 0 aromatic carbocycles. The van der Waals surface area contributed by atoms with Crippen molar-refractivity contribution in [3.05, 3.63) is 30.6 Å². The summed E-state index contributed by atoms with van der Waals surface area (Å²) in [7, 11) is 0. The monoisotopic (exact) mass is 146 g/mol. The van der Waals surface area contributed by atoms with Crippen LogP contribution >= 0.6 is 0 Å². The molecule has 1 aromatic heterocycles. The molecule has 0 unspecified atom stereocenters. The number of aromatic nitrogens is 1. The van der Waals surface area contributed by atoms with Crippen molar-refractivity contribution < 1.29 is 0 Å². The minimum Gasteiger partial charge on any atom is -0.264 e. The van der Waals surface area contributed by atoms with Crippen molar-refractivity contribution in [1.82, 2.24) is 4.98 Å². The maximum atomic E-state index is 3.97. The van der Waals surface area contributed by atoms with Gasteiger partial charge in [-0.1, -0.05) is 6.58 Å². The molecular weight excluding hydrogens is 136 g/mol. The summed E-state index contributed by atoms with van der Waals surface area (Å²) in [6, 6.07) is 1.82. The molecule has 0 fully saturated rings. The zero-order chi connectivity index (χ0) is 8.27. The topological polar surface area (TPSA) is 25.2 Å². The van der Waals surface area contributed by atoms with Crippen LogP contribution in [-0.2, 0) is 0 Å². The molecule has 1 aromatic rings. The van der Waals surface area contributed by atoms with Gasteiger partial charge in [0.2, 0.25) is 0 Å². The minimum atomic E-state index is 0.840. The Balaban J connectivity index is 3.22. The first-order chi connectivity index (χ1) is 5.25. The zero-order valence-electron chi connectivity index (χ0n) is 6.54. The van der Waals surface area contributed by atoms with Crippen molar-refractivity contribution in [1.29, 1.82) is 0 Å². The fourth-order valence-electron chi connectivity index (χ4n) is 0.854. The minimum absolute atomic E-state index is 0.840. The summed E-state index contributed by atoms with van der Waals surface area (Å²) in [5.74, 6) is 0. The van der Waals surface area contributed by atoms with Crippen molar-refractivity contribution in [2.24, 2.45) is 4.99 Å². The molecule has 0 saturated carbocycles. The number of hydrogen-bond acceptors (Lipinski definition) is 2. The SMILES string of the molecule is C=Nc1ccncc1C(=C)C. The number of allylic oxidation sites excluding steroid dienone is 1. The van der Waals surface area contributed by atoms with E-state index in [0.717, 1.165) is 16.8 Å². The second-order valence-electron chi connectivity index (χ2n) is 2.33. The lowest BCUT2D eigenvalue weighted by molar-refractivity contribution is 1.29. The first-order valence-electron chi connectivity index (χ1n) is 3.32. The van der Waals surface area contributed by atoms with Gasteiger partial charge in [0.1, 0.15) is 0 Å². The molecule has 2 nitrogen and oxygen atoms in total. The maximum Gasteiger partial charge on any atom is 0.0727 e. The van der Waals surface area contributed by atoms with E-state index >= 15 is 0 Å². The predicted octanol–water partition coefficient (Wildman–Crippen LogP) is 2.45. The summed E-state index contributed by atoms with van der Waals surface area (Å²) in [4.78, 5) is 7.81. The van der Waals surface area contributed by atoms with Crippen LogP contribution in [0.5, 0.6) is 0 Å². The van der Waals surface area contributed by atoms with Crippen LogP contribution in [0.25, 0.3) is 5.57 Å². The van der Waals surface area contributed by atoms with Crippen LogP contribution in [0.2, 0.25) is 0 Å². The molecule has 1 rings (SSSR count). The zero-order valence-corrected chi connectivity index (χ0v) is 6.54. The number of aliphatic imine (C=N–C) groups is 1. The molecule has 56 valence electrons. The molecule has 0 aliphatic heterocycles. The lowest BCUT2D eigenvalue weighted by Gasteiger charge is -2.01. The molecule has 11 heavy (non-hydrogen) atoms. The number of hydrogen-bond donors (Lipinski definition) is 0. The number of pyridine rings is 1. The molecule has 0 atom stereocenters. The summed E-state index contributed by atoms with van der Waals surface area (Å²) in [5, 5.41) is 0. The highest BCUT2D eigenvalue weighted by atomic mass is 14.7. The van der Waals surface area contributed by atoms with Gasteiger partial charge in [-0.15, -0.1) is 0 Å². The number of nitrogens with zero attached hydrogens (tertiary/aromatic N) is 2. The molecule has 0 saturated heterocycles. The van der Waals surface area contributed by atoms with Crippen molar-refractivity contribution in [3.63, 3.8) is 0 Å². The van der Waals surface area contributed by atoms with E-state index in [1.54, 1.807) is 12.4 Å². The Kier molecular flexibility index (Phi) is 2.16. The van der Waals surface area contributed by atoms with Gasteiger partial charge >= 0.3 is 0 Å². The summed E-state index contributed by atoms with van der Waals surface area (Å²) in [5.41, 5.74) is 2.76. The number of rotatable bonds is 2. The molecule has 0 radical (unpaired) electrons. The summed E-state index contributed by atoms with van der Waals surface area (Å²) >= 11 is 0. The third kappa shape index (κ3) is 1.52. The second-order valence-corrected chi connectivity index (χ2v) is 2.33. The highest BCUT2D eigenvalue weighted by Gasteiger charge is 1.98. The fourth-order valence-corrected chi connectivity index (χ4v) is 0.854. The van der Waals surface area contributed by atoms with Crippen LogP contribution in [0.1, 0.15) is 12.5 Å². The summed E-state index contributed by atoms with van der Waals surface area (Å²) in [6.07, 6.45) is 3.43. The van der Waals surface area contributed by atoms with Crippen LogP contribution < -0.4 is 0 Å². The van der Waals surface area contributed by atoms with E-state index in [1.807, 2.05) is 13.0 Å². The average molecular weight is 146 g/mol. The van der Waals surface area contributed by atoms with E-state index in [0.29, 0.717) is 0 Å². The van der Waals surface area contributed by atoms with Crippen molar-refractivity contribution >= 4 is 18.0 Å². The predicted molar refractivity (Wildman–Crippen MR) is 48.2 cm³/mol. The van der Waals surface area contributed by atoms with Crippen LogP contribution in [0.3, 0.4) is 0 Å². The third-order valence-electron chi connectivity index (χ3n) is 1.43. The van der Waals surface area contributed by atoms with E-state index in [2.05, 4.69) is 23.3 Å². The first kappa shape index (κ1) is 7.66. The van der Waals surface area contributed by atoms with Gasteiger partial charge in [-0.2, -0.15) is 0 Å². The molecule has 0 N–H and O–H groups in total. The van der Waals surface area contributed by atoms with Gasteiger partial charge in [-0.25, -0.2) is 0 Å². The van der Waals surface area contributed by atoms with Crippen molar-refractivity contribution in [2.75, 3.05) is 0 Å². The Morgan fingerprint density at radius 2 is 2.36 bits per heavy atom. The molecule has 2 heteroatoms. The first-order valence-corrected chi connectivity index (χ1v) is 3.32. The van der Waals surface area contributed by atoms with Gasteiger partial charge in [0.05, 0.1) is 5.69 Å². The van der Waals surface area contributed by atoms with Crippen LogP contribution in [0.15, 0.2) is 30.0 Å². The molecule has 0 aliphatic rings. The van der Waals surface area contributed by atoms with Crippen LogP contribution in [0, 0.1) is 0 Å². The van der Waals surface area contributed by atoms with Gasteiger partial charge < -0.3 is 0 Å². The highest BCUT2D eigenvalue weighted by Crippen LogP contribution is 2.22. The van der Waals surface area contributed by atoms with Gasteiger partial charge in [0.15, 0.2) is 0 Å². The summed E-state index contributed by atoms with van der Waals surface area (Å²) < 4.78 is 0. The van der Waals surface area contributed by atoms with Gasteiger partial charge in [-0.05, 0) is 25.3 Å². The van der Waals surface area contributed by atoms with Crippen molar-refractivity contribution in [2.45, 2.75) is 6.92 Å². The van der Waals surface area contributed by atoms with E-state index < -0.39 is 0 Å². The Labute approximate surface area is 66.3 Å². The quantitative estimate of drug-likeness (QED) is 0.588. The lowest BCUT2D eigenvalue weighted by atomic mass is 10.1. The Hall–Kier alpha value is -1.44. The Bertz CT molecular complexity index is 289. The largest absolute Gasteiger partial charge is 0.264 e. The van der Waals surface area contributed by atoms with E-state index in [-0.39, 0.29) is 0 Å². The van der Waals surface area contributed by atoms with Gasteiger partial charge in [0, 0.05) is 18.0 Å². The Morgan fingerprint density at radius 3 is 2.82 bits per heavy atom. The van der Waals surface area contributed by atoms with E-state index in [1.165, 1.54) is 0 Å². The fraction of sp³-hybridized carbons (Fsp3) is 0.111. The van der Waals surface area contributed by atoms with Crippen LogP contribution in [0.4, 0.5) is 5.69 Å². The summed E-state index contributed by atoms with van der Waals surface area (Å²) in [6.45, 7) is 9.18. The molecule has 1 heterocycles. The van der Waals surface area contributed by atoms with Crippen molar-refractivity contribution in [3.8, 4) is 0 Å². The average Bonchev–Trinajstić information content (AvgIpc) is 2.04. The van der Waals surface area contributed by atoms with E-state index in [9.17, 15) is 0 Å². The highest BCUT2D eigenvalue weighted by molar-refractivity contribution is 5.71. The van der Waals surface area contributed by atoms with E-state index in [4.69, 9.17) is 0 Å². The standard InChI is InChI=1S/C9H10N2/c1-7(2)8-6-11-5-4-9(8)10-3/h4-6H,1,3H2,2H3. The van der Waals surface area contributed by atoms with Gasteiger partial charge in [-0.3, -0.25) is 9.98 Å². The smallest absolute Gasteiger partial charge is 0.0727 e. The maximum absolute atomic E-state index is 3.97. The normalized spacial score (nSPS) is 9.18. The molecular formula is C9H10N2. The molecule has 0 aliphatic carbocycles. The third-order valence-corrected chi connectivity index (χ3v) is 1.43. The lowest BCUT2D eigenvalue weighted by Crippen LogP contribution is -1.80. The molecule has 0 amide bonds. The Morgan fingerprint density at radius 1 is 1.64 bits per heavy atom. The molecule has 0 spiro atoms. The molecule has 0 bridgehead atoms.